The van der Waals surface area contributed by atoms with Gasteiger partial charge in [-0.15, -0.1) is 0 Å². The number of benzene rings is 1. The van der Waals surface area contributed by atoms with Crippen LogP contribution in [-0.2, 0) is 23.7 Å². The Morgan fingerprint density at radius 3 is 2.12 bits per heavy atom. The molecule has 0 atom stereocenters. The van der Waals surface area contributed by atoms with Gasteiger partial charge in [-0.3, -0.25) is 4.79 Å². The largest absolute Gasteiger partial charge is 0.489 e. The van der Waals surface area contributed by atoms with Gasteiger partial charge in [0.05, 0.1) is 58.4 Å². The molecular formula is C17H27NO6. The van der Waals surface area contributed by atoms with Crippen LogP contribution in [0.1, 0.15) is 13.3 Å². The van der Waals surface area contributed by atoms with Gasteiger partial charge in [0.1, 0.15) is 12.4 Å². The predicted molar refractivity (Wildman–Crippen MR) is 90.1 cm³/mol. The quantitative estimate of drug-likeness (QED) is 0.313. The first kappa shape index (κ1) is 20.2. The van der Waals surface area contributed by atoms with Crippen LogP contribution in [0.2, 0.25) is 0 Å². The summed E-state index contributed by atoms with van der Waals surface area (Å²) in [6, 6.07) is 7.34. The maximum atomic E-state index is 11.0. The molecule has 24 heavy (non-hydrogen) atoms. The Morgan fingerprint density at radius 2 is 1.50 bits per heavy atom. The van der Waals surface area contributed by atoms with Crippen molar-refractivity contribution in [3.63, 3.8) is 0 Å². The SMILES string of the molecule is CCOC(=O)CCOCCOCCOCCOc1ccccc1N. The molecule has 0 heterocycles. The lowest BCUT2D eigenvalue weighted by atomic mass is 10.3. The molecule has 0 aliphatic carbocycles. The first-order chi connectivity index (χ1) is 11.7. The molecular weight excluding hydrogens is 314 g/mol. The van der Waals surface area contributed by atoms with Crippen LogP contribution in [0, 0.1) is 0 Å². The van der Waals surface area contributed by atoms with E-state index in [0.717, 1.165) is 0 Å². The van der Waals surface area contributed by atoms with E-state index < -0.39 is 0 Å². The zero-order valence-corrected chi connectivity index (χ0v) is 14.2. The Labute approximate surface area is 143 Å². The third-order valence-electron chi connectivity index (χ3n) is 2.90. The number of para-hydroxylation sites is 2. The molecule has 1 aromatic rings. The van der Waals surface area contributed by atoms with Gasteiger partial charge in [0, 0.05) is 0 Å². The number of hydrogen-bond acceptors (Lipinski definition) is 7. The minimum absolute atomic E-state index is 0.244. The number of esters is 1. The summed E-state index contributed by atoms with van der Waals surface area (Å²) in [5.41, 5.74) is 6.37. The number of rotatable bonds is 14. The molecule has 2 N–H and O–H groups in total. The molecule has 1 rings (SSSR count). The fourth-order valence-electron chi connectivity index (χ4n) is 1.75. The molecule has 0 bridgehead atoms. The molecule has 0 saturated carbocycles. The summed E-state index contributed by atoms with van der Waals surface area (Å²) in [6.45, 7) is 5.28. The maximum absolute atomic E-state index is 11.0. The lowest BCUT2D eigenvalue weighted by Gasteiger charge is -2.09. The summed E-state index contributed by atoms with van der Waals surface area (Å²) < 4.78 is 26.3. The van der Waals surface area contributed by atoms with Gasteiger partial charge in [-0.25, -0.2) is 0 Å². The van der Waals surface area contributed by atoms with Crippen molar-refractivity contribution in [1.29, 1.82) is 0 Å². The summed E-state index contributed by atoms with van der Waals surface area (Å²) in [4.78, 5) is 11.0. The lowest BCUT2D eigenvalue weighted by Crippen LogP contribution is -2.14. The van der Waals surface area contributed by atoms with E-state index in [-0.39, 0.29) is 12.4 Å². The van der Waals surface area contributed by atoms with Crippen molar-refractivity contribution in [3.8, 4) is 5.75 Å². The van der Waals surface area contributed by atoms with Crippen molar-refractivity contribution >= 4 is 11.7 Å². The Hall–Kier alpha value is -1.83. The highest BCUT2D eigenvalue weighted by molar-refractivity contribution is 5.69. The van der Waals surface area contributed by atoms with E-state index in [9.17, 15) is 4.79 Å². The van der Waals surface area contributed by atoms with E-state index in [4.69, 9.17) is 29.4 Å². The number of nitrogens with two attached hydrogens (primary N) is 1. The minimum Gasteiger partial charge on any atom is -0.489 e. The highest BCUT2D eigenvalue weighted by Crippen LogP contribution is 2.19. The van der Waals surface area contributed by atoms with Crippen molar-refractivity contribution in [2.75, 3.05) is 58.6 Å². The first-order valence-electron chi connectivity index (χ1n) is 8.10. The molecule has 0 amide bonds. The van der Waals surface area contributed by atoms with Crippen LogP contribution in [0.4, 0.5) is 5.69 Å². The van der Waals surface area contributed by atoms with Crippen LogP contribution in [0.15, 0.2) is 24.3 Å². The van der Waals surface area contributed by atoms with Crippen LogP contribution in [0.3, 0.4) is 0 Å². The second-order valence-electron chi connectivity index (χ2n) is 4.78. The number of anilines is 1. The molecule has 0 aromatic heterocycles. The molecule has 136 valence electrons. The van der Waals surface area contributed by atoms with E-state index >= 15 is 0 Å². The first-order valence-corrected chi connectivity index (χ1v) is 8.10. The van der Waals surface area contributed by atoms with Crippen LogP contribution >= 0.6 is 0 Å². The van der Waals surface area contributed by atoms with E-state index in [1.165, 1.54) is 0 Å². The van der Waals surface area contributed by atoms with Crippen molar-refractivity contribution in [2.24, 2.45) is 0 Å². The minimum atomic E-state index is -0.244. The molecule has 0 unspecified atom stereocenters. The van der Waals surface area contributed by atoms with Crippen LogP contribution in [0.25, 0.3) is 0 Å². The van der Waals surface area contributed by atoms with Gasteiger partial charge in [-0.05, 0) is 19.1 Å². The summed E-state index contributed by atoms with van der Waals surface area (Å²) in [6.07, 6.45) is 0.267. The normalized spacial score (nSPS) is 10.5. The number of ether oxygens (including phenoxy) is 5. The van der Waals surface area contributed by atoms with Crippen molar-refractivity contribution in [3.05, 3.63) is 24.3 Å². The average Bonchev–Trinajstić information content (AvgIpc) is 2.57. The number of nitrogen functional groups attached to an aromatic ring is 1. The van der Waals surface area contributed by atoms with Gasteiger partial charge in [0.2, 0.25) is 0 Å². The smallest absolute Gasteiger partial charge is 0.308 e. The number of carbonyl (C=O) groups is 1. The molecule has 0 radical (unpaired) electrons. The second-order valence-corrected chi connectivity index (χ2v) is 4.78. The Morgan fingerprint density at radius 1 is 0.917 bits per heavy atom. The molecule has 0 aliphatic heterocycles. The lowest BCUT2D eigenvalue weighted by molar-refractivity contribution is -0.144. The van der Waals surface area contributed by atoms with Crippen LogP contribution < -0.4 is 10.5 Å². The standard InChI is InChI=1S/C17H27NO6/c1-2-23-17(19)7-8-20-9-10-21-11-12-22-13-14-24-16-6-4-3-5-15(16)18/h3-6H,2,7-14,18H2,1H3. The monoisotopic (exact) mass is 341 g/mol. The highest BCUT2D eigenvalue weighted by Gasteiger charge is 2.01. The topological polar surface area (TPSA) is 89.2 Å². The fourth-order valence-corrected chi connectivity index (χ4v) is 1.75. The van der Waals surface area contributed by atoms with Crippen LogP contribution in [-0.4, -0.2) is 58.8 Å². The van der Waals surface area contributed by atoms with E-state index in [1.54, 1.807) is 13.0 Å². The Balaban J connectivity index is 1.82. The second kappa shape index (κ2) is 13.6. The van der Waals surface area contributed by atoms with Crippen LogP contribution in [0.5, 0.6) is 5.75 Å². The molecule has 1 aromatic carbocycles. The molecule has 0 saturated heterocycles. The third-order valence-corrected chi connectivity index (χ3v) is 2.90. The zero-order chi connectivity index (χ0) is 17.5. The molecule has 7 heteroatoms. The molecule has 7 nitrogen and oxygen atoms in total. The van der Waals surface area contributed by atoms with Crippen molar-refractivity contribution in [2.45, 2.75) is 13.3 Å². The fraction of sp³-hybridized carbons (Fsp3) is 0.588. The summed E-state index contributed by atoms with van der Waals surface area (Å²) >= 11 is 0. The zero-order valence-electron chi connectivity index (χ0n) is 14.2. The van der Waals surface area contributed by atoms with E-state index in [0.29, 0.717) is 64.3 Å². The maximum Gasteiger partial charge on any atom is 0.308 e. The summed E-state index contributed by atoms with van der Waals surface area (Å²) in [5, 5.41) is 0. The van der Waals surface area contributed by atoms with Crippen molar-refractivity contribution in [1.82, 2.24) is 0 Å². The number of carbonyl (C=O) groups excluding carboxylic acids is 1. The molecule has 0 fully saturated rings. The van der Waals surface area contributed by atoms with Gasteiger partial charge in [-0.2, -0.15) is 0 Å². The van der Waals surface area contributed by atoms with Gasteiger partial charge in [0.25, 0.3) is 0 Å². The van der Waals surface area contributed by atoms with Crippen molar-refractivity contribution < 1.29 is 28.5 Å². The number of hydrogen-bond donors (Lipinski definition) is 1. The van der Waals surface area contributed by atoms with Gasteiger partial charge in [-0.1, -0.05) is 12.1 Å². The summed E-state index contributed by atoms with van der Waals surface area (Å²) in [7, 11) is 0. The van der Waals surface area contributed by atoms with E-state index in [1.807, 2.05) is 18.2 Å². The molecule has 0 aliphatic rings. The molecule has 0 spiro atoms. The predicted octanol–water partition coefficient (Wildman–Crippen LogP) is 1.65. The van der Waals surface area contributed by atoms with Gasteiger partial charge >= 0.3 is 5.97 Å². The Bertz CT molecular complexity index is 454. The Kier molecular flexibility index (Phi) is 11.5. The van der Waals surface area contributed by atoms with Gasteiger partial charge in [0.15, 0.2) is 0 Å². The van der Waals surface area contributed by atoms with Gasteiger partial charge < -0.3 is 29.4 Å². The average molecular weight is 341 g/mol. The third kappa shape index (κ3) is 10.0. The van der Waals surface area contributed by atoms with E-state index in [2.05, 4.69) is 0 Å². The highest BCUT2D eigenvalue weighted by atomic mass is 16.6. The summed E-state index contributed by atoms with van der Waals surface area (Å²) in [5.74, 6) is 0.420.